The van der Waals surface area contributed by atoms with Crippen molar-refractivity contribution in [3.63, 3.8) is 0 Å². The first-order chi connectivity index (χ1) is 8.16. The van der Waals surface area contributed by atoms with E-state index in [1.165, 1.54) is 11.8 Å². The molecule has 0 saturated carbocycles. The molecule has 0 spiro atoms. The van der Waals surface area contributed by atoms with Crippen molar-refractivity contribution in [2.75, 3.05) is 12.3 Å². The van der Waals surface area contributed by atoms with Crippen LogP contribution in [0.4, 0.5) is 0 Å². The molecule has 1 saturated heterocycles. The highest BCUT2D eigenvalue weighted by Crippen LogP contribution is 2.22. The third-order valence-electron chi connectivity index (χ3n) is 2.23. The van der Waals surface area contributed by atoms with Gasteiger partial charge in [0.15, 0.2) is 5.03 Å². The van der Waals surface area contributed by atoms with Crippen molar-refractivity contribution in [3.8, 4) is 0 Å². The van der Waals surface area contributed by atoms with E-state index in [1.807, 2.05) is 11.0 Å². The Morgan fingerprint density at radius 1 is 1.71 bits per heavy atom. The summed E-state index contributed by atoms with van der Waals surface area (Å²) in [5.74, 6) is 0.796. The third-order valence-corrected chi connectivity index (χ3v) is 3.55. The number of amidine groups is 1. The molecular formula is C9H9ClN4O2S. The Kier molecular flexibility index (Phi) is 3.80. The number of nitrogens with zero attached hydrogens (tertiary/aromatic N) is 4. The molecule has 0 aliphatic carbocycles. The van der Waals surface area contributed by atoms with Crippen LogP contribution in [0.5, 0.6) is 0 Å². The van der Waals surface area contributed by atoms with Crippen LogP contribution in [-0.2, 0) is 6.54 Å². The van der Waals surface area contributed by atoms with E-state index in [0.717, 1.165) is 17.9 Å². The van der Waals surface area contributed by atoms with E-state index < -0.39 is 5.03 Å². The van der Waals surface area contributed by atoms with Crippen LogP contribution in [0.1, 0.15) is 5.56 Å². The lowest BCUT2D eigenvalue weighted by molar-refractivity contribution is -0.485. The average molecular weight is 273 g/mol. The summed E-state index contributed by atoms with van der Waals surface area (Å²) in [6, 6.07) is 3.64. The Labute approximate surface area is 107 Å². The summed E-state index contributed by atoms with van der Waals surface area (Å²) in [6.45, 7) is 1.22. The second kappa shape index (κ2) is 5.33. The molecule has 0 radical (unpaired) electrons. The molecule has 2 rings (SSSR count). The largest absolute Gasteiger partial charge is 0.341 e. The molecule has 2 heterocycles. The Balaban J connectivity index is 2.13. The number of aromatic nitrogens is 1. The first-order valence-corrected chi connectivity index (χ1v) is 6.23. The van der Waals surface area contributed by atoms with Crippen molar-refractivity contribution < 1.29 is 5.03 Å². The highest BCUT2D eigenvalue weighted by molar-refractivity contribution is 8.14. The Morgan fingerprint density at radius 3 is 3.24 bits per heavy atom. The monoisotopic (exact) mass is 272 g/mol. The third kappa shape index (κ3) is 3.07. The molecule has 1 fully saturated rings. The van der Waals surface area contributed by atoms with Gasteiger partial charge in [-0.15, -0.1) is 0 Å². The van der Waals surface area contributed by atoms with Crippen molar-refractivity contribution in [2.45, 2.75) is 6.54 Å². The highest BCUT2D eigenvalue weighted by Gasteiger charge is 2.23. The smallest absolute Gasteiger partial charge is 0.238 e. The van der Waals surface area contributed by atoms with Crippen LogP contribution in [0.3, 0.4) is 0 Å². The molecule has 0 unspecified atom stereocenters. The van der Waals surface area contributed by atoms with E-state index in [-0.39, 0.29) is 0 Å². The molecule has 0 aromatic carbocycles. The number of hydrazone groups is 1. The van der Waals surface area contributed by atoms with Gasteiger partial charge in [-0.2, -0.15) is 0 Å². The average Bonchev–Trinajstić information content (AvgIpc) is 2.68. The summed E-state index contributed by atoms with van der Waals surface area (Å²) >= 11 is 7.31. The van der Waals surface area contributed by atoms with Gasteiger partial charge < -0.3 is 4.90 Å². The van der Waals surface area contributed by atoms with E-state index in [0.29, 0.717) is 16.9 Å². The van der Waals surface area contributed by atoms with Gasteiger partial charge in [0.2, 0.25) is 5.17 Å². The zero-order valence-electron chi connectivity index (χ0n) is 8.74. The lowest BCUT2D eigenvalue weighted by Gasteiger charge is -2.16. The van der Waals surface area contributed by atoms with Crippen molar-refractivity contribution in [1.82, 2.24) is 9.88 Å². The van der Waals surface area contributed by atoms with Crippen LogP contribution in [0.2, 0.25) is 5.15 Å². The maximum absolute atomic E-state index is 10.4. The molecule has 8 heteroatoms. The van der Waals surface area contributed by atoms with E-state index in [9.17, 15) is 10.1 Å². The first-order valence-electron chi connectivity index (χ1n) is 4.87. The topological polar surface area (TPSA) is 71.6 Å². The first kappa shape index (κ1) is 12.1. The van der Waals surface area contributed by atoms with Gasteiger partial charge in [0.25, 0.3) is 0 Å². The number of hydrogen-bond donors (Lipinski definition) is 0. The van der Waals surface area contributed by atoms with Crippen LogP contribution in [0.15, 0.2) is 23.4 Å². The second-order valence-corrected chi connectivity index (χ2v) is 4.76. The molecule has 1 aromatic rings. The molecule has 1 aliphatic heterocycles. The molecule has 0 N–H and O–H groups in total. The van der Waals surface area contributed by atoms with E-state index in [4.69, 9.17) is 11.6 Å². The number of hydrogen-bond acceptors (Lipinski definition) is 4. The molecule has 1 aliphatic rings. The number of pyridine rings is 1. The summed E-state index contributed by atoms with van der Waals surface area (Å²) < 4.78 is 0. The Morgan fingerprint density at radius 2 is 2.53 bits per heavy atom. The predicted octanol–water partition coefficient (Wildman–Crippen LogP) is 1.83. The van der Waals surface area contributed by atoms with Crippen molar-refractivity contribution in [2.24, 2.45) is 5.10 Å². The Hall–Kier alpha value is -1.34. The lowest BCUT2D eigenvalue weighted by Crippen LogP contribution is -2.24. The van der Waals surface area contributed by atoms with Crippen molar-refractivity contribution in [1.29, 1.82) is 0 Å². The second-order valence-electron chi connectivity index (χ2n) is 3.34. The van der Waals surface area contributed by atoms with Gasteiger partial charge in [-0.3, -0.25) is 0 Å². The fourth-order valence-electron chi connectivity index (χ4n) is 1.49. The van der Waals surface area contributed by atoms with Gasteiger partial charge in [-0.1, -0.05) is 29.4 Å². The fourth-order valence-corrected chi connectivity index (χ4v) is 2.62. The summed E-state index contributed by atoms with van der Waals surface area (Å²) in [5, 5.41) is 13.9. The van der Waals surface area contributed by atoms with Gasteiger partial charge in [0.1, 0.15) is 5.15 Å². The van der Waals surface area contributed by atoms with Crippen molar-refractivity contribution >= 4 is 28.5 Å². The molecule has 17 heavy (non-hydrogen) atoms. The maximum atomic E-state index is 10.4. The SMILES string of the molecule is O=[N+]([O-])N=C1SCCN1Cc1cccnc1Cl. The normalized spacial score (nSPS) is 17.7. The molecule has 90 valence electrons. The zero-order valence-corrected chi connectivity index (χ0v) is 10.3. The Bertz CT molecular complexity index is 468. The molecule has 0 atom stereocenters. The molecule has 6 nitrogen and oxygen atoms in total. The minimum Gasteiger partial charge on any atom is -0.341 e. The number of nitro groups is 1. The lowest BCUT2D eigenvalue weighted by atomic mass is 10.3. The van der Waals surface area contributed by atoms with E-state index in [2.05, 4.69) is 10.1 Å². The van der Waals surface area contributed by atoms with Gasteiger partial charge >= 0.3 is 0 Å². The molecule has 0 amide bonds. The van der Waals surface area contributed by atoms with Gasteiger partial charge in [-0.25, -0.2) is 15.1 Å². The van der Waals surface area contributed by atoms with Gasteiger partial charge in [0.05, 0.1) is 5.10 Å². The van der Waals surface area contributed by atoms with Crippen LogP contribution in [-0.4, -0.2) is 32.4 Å². The zero-order chi connectivity index (χ0) is 12.3. The fraction of sp³-hybridized carbons (Fsp3) is 0.333. The molecular weight excluding hydrogens is 264 g/mol. The van der Waals surface area contributed by atoms with Crippen LogP contribution in [0.25, 0.3) is 0 Å². The van der Waals surface area contributed by atoms with E-state index in [1.54, 1.807) is 12.3 Å². The highest BCUT2D eigenvalue weighted by atomic mass is 35.5. The summed E-state index contributed by atoms with van der Waals surface area (Å²) in [4.78, 5) is 16.2. The van der Waals surface area contributed by atoms with Gasteiger partial charge in [0, 0.05) is 30.6 Å². The minimum absolute atomic E-state index is 0.421. The standard InChI is InChI=1S/C9H9ClN4O2S/c10-8-7(2-1-3-11-8)6-13-4-5-17-9(13)12-14(15)16/h1-3H,4-6H2. The van der Waals surface area contributed by atoms with Crippen LogP contribution >= 0.6 is 23.4 Å². The number of halogens is 1. The maximum Gasteiger partial charge on any atom is 0.238 e. The predicted molar refractivity (Wildman–Crippen MR) is 66.5 cm³/mol. The van der Waals surface area contributed by atoms with Crippen LogP contribution < -0.4 is 0 Å². The number of rotatable bonds is 3. The quantitative estimate of drug-likeness (QED) is 0.477. The summed E-state index contributed by atoms with van der Waals surface area (Å²) in [6.07, 6.45) is 1.61. The molecule has 0 bridgehead atoms. The summed E-state index contributed by atoms with van der Waals surface area (Å²) in [5.41, 5.74) is 0.840. The van der Waals surface area contributed by atoms with Crippen LogP contribution in [0, 0.1) is 10.1 Å². The minimum atomic E-state index is -0.675. The van der Waals surface area contributed by atoms with Gasteiger partial charge in [-0.05, 0) is 6.07 Å². The van der Waals surface area contributed by atoms with Crippen molar-refractivity contribution in [3.05, 3.63) is 39.2 Å². The van der Waals surface area contributed by atoms with E-state index >= 15 is 0 Å². The number of thioether (sulfide) groups is 1. The summed E-state index contributed by atoms with van der Waals surface area (Å²) in [7, 11) is 0. The molecule has 1 aromatic heterocycles.